The van der Waals surface area contributed by atoms with E-state index in [1.165, 1.54) is 0 Å². The normalized spacial score (nSPS) is 11.7. The molecule has 0 aliphatic heterocycles. The molecule has 1 nitrogen and oxygen atoms in total. The maximum absolute atomic E-state index is 11.9. The first kappa shape index (κ1) is 11.0. The van der Waals surface area contributed by atoms with Crippen LogP contribution in [0.1, 0.15) is 17.5 Å². The third-order valence-corrected chi connectivity index (χ3v) is 1.96. The van der Waals surface area contributed by atoms with Crippen LogP contribution in [-0.4, -0.2) is 6.18 Å². The van der Waals surface area contributed by atoms with Crippen LogP contribution in [0.25, 0.3) is 0 Å². The quantitative estimate of drug-likeness (QED) is 0.802. The van der Waals surface area contributed by atoms with Gasteiger partial charge < -0.3 is 5.73 Å². The van der Waals surface area contributed by atoms with Crippen molar-refractivity contribution in [1.29, 1.82) is 0 Å². The Morgan fingerprint density at radius 2 is 1.50 bits per heavy atom. The number of aryl methyl sites for hydroxylation is 1. The van der Waals surface area contributed by atoms with E-state index in [4.69, 9.17) is 5.73 Å². The van der Waals surface area contributed by atoms with E-state index < -0.39 is 12.6 Å². The van der Waals surface area contributed by atoms with Gasteiger partial charge in [0.25, 0.3) is 0 Å². The zero-order chi connectivity index (χ0) is 10.6. The summed E-state index contributed by atoms with van der Waals surface area (Å²) in [5.41, 5.74) is 6.99. The van der Waals surface area contributed by atoms with Crippen molar-refractivity contribution in [1.82, 2.24) is 0 Å². The molecule has 14 heavy (non-hydrogen) atoms. The van der Waals surface area contributed by atoms with Crippen molar-refractivity contribution < 1.29 is 13.2 Å². The van der Waals surface area contributed by atoms with Gasteiger partial charge in [-0.15, -0.1) is 0 Å². The van der Waals surface area contributed by atoms with Crippen molar-refractivity contribution in [2.75, 3.05) is 0 Å². The molecule has 0 aromatic heterocycles. The Hall–Kier alpha value is -1.03. The van der Waals surface area contributed by atoms with Crippen LogP contribution in [0.2, 0.25) is 0 Å². The lowest BCUT2D eigenvalue weighted by Crippen LogP contribution is -2.08. The number of rotatable bonds is 3. The molecular formula is C10H12F3N. The monoisotopic (exact) mass is 203 g/mol. The first-order valence-electron chi connectivity index (χ1n) is 4.36. The molecule has 1 aromatic carbocycles. The fourth-order valence-electron chi connectivity index (χ4n) is 1.13. The minimum atomic E-state index is -4.08. The molecule has 0 saturated carbocycles. The smallest absolute Gasteiger partial charge is 0.326 e. The standard InChI is InChI=1S/C10H12F3N/c11-10(12,13)6-5-8-1-3-9(7-14)4-2-8/h1-4H,5-7,14H2. The van der Waals surface area contributed by atoms with Crippen LogP contribution >= 0.6 is 0 Å². The molecule has 0 saturated heterocycles. The van der Waals surface area contributed by atoms with Gasteiger partial charge in [-0.05, 0) is 17.5 Å². The number of alkyl halides is 3. The van der Waals surface area contributed by atoms with Crippen molar-refractivity contribution in [2.24, 2.45) is 5.73 Å². The Kier molecular flexibility index (Phi) is 3.52. The molecule has 0 aliphatic carbocycles. The molecule has 0 atom stereocenters. The van der Waals surface area contributed by atoms with Crippen molar-refractivity contribution in [2.45, 2.75) is 25.6 Å². The highest BCUT2D eigenvalue weighted by atomic mass is 19.4. The zero-order valence-electron chi connectivity index (χ0n) is 7.64. The van der Waals surface area contributed by atoms with Crippen molar-refractivity contribution in [3.63, 3.8) is 0 Å². The average molecular weight is 203 g/mol. The van der Waals surface area contributed by atoms with E-state index in [1.54, 1.807) is 24.3 Å². The summed E-state index contributed by atoms with van der Waals surface area (Å²) in [7, 11) is 0. The van der Waals surface area contributed by atoms with Crippen LogP contribution in [0.4, 0.5) is 13.2 Å². The van der Waals surface area contributed by atoms with E-state index in [1.807, 2.05) is 0 Å². The maximum Gasteiger partial charge on any atom is 0.389 e. The van der Waals surface area contributed by atoms with E-state index in [-0.39, 0.29) is 6.42 Å². The first-order chi connectivity index (χ1) is 6.51. The van der Waals surface area contributed by atoms with Crippen molar-refractivity contribution in [3.8, 4) is 0 Å². The highest BCUT2D eigenvalue weighted by Crippen LogP contribution is 2.22. The largest absolute Gasteiger partial charge is 0.389 e. The first-order valence-corrected chi connectivity index (χ1v) is 4.36. The van der Waals surface area contributed by atoms with Crippen LogP contribution in [0.5, 0.6) is 0 Å². The Balaban J connectivity index is 2.52. The van der Waals surface area contributed by atoms with Gasteiger partial charge in [0.1, 0.15) is 0 Å². The molecule has 1 rings (SSSR count). The minimum absolute atomic E-state index is 0.0361. The number of hydrogen-bond acceptors (Lipinski definition) is 1. The van der Waals surface area contributed by atoms with Gasteiger partial charge in [0.2, 0.25) is 0 Å². The van der Waals surface area contributed by atoms with E-state index in [0.29, 0.717) is 12.1 Å². The molecule has 1 aromatic rings. The molecule has 4 heteroatoms. The summed E-state index contributed by atoms with van der Waals surface area (Å²) >= 11 is 0. The van der Waals surface area contributed by atoms with Crippen molar-refractivity contribution in [3.05, 3.63) is 35.4 Å². The number of halogens is 3. The third kappa shape index (κ3) is 3.79. The summed E-state index contributed by atoms with van der Waals surface area (Å²) in [6.07, 6.45) is -4.81. The van der Waals surface area contributed by atoms with Gasteiger partial charge >= 0.3 is 6.18 Å². The second-order valence-corrected chi connectivity index (χ2v) is 3.14. The molecule has 0 heterocycles. The van der Waals surface area contributed by atoms with Crippen molar-refractivity contribution >= 4 is 0 Å². The highest BCUT2D eigenvalue weighted by molar-refractivity contribution is 5.22. The summed E-state index contributed by atoms with van der Waals surface area (Å²) in [6, 6.07) is 6.89. The lowest BCUT2D eigenvalue weighted by Gasteiger charge is -2.06. The van der Waals surface area contributed by atoms with E-state index >= 15 is 0 Å². The average Bonchev–Trinajstić information content (AvgIpc) is 2.14. The molecule has 0 amide bonds. The lowest BCUT2D eigenvalue weighted by atomic mass is 10.1. The number of nitrogens with two attached hydrogens (primary N) is 1. The van der Waals surface area contributed by atoms with Gasteiger partial charge in [-0.1, -0.05) is 24.3 Å². The fourth-order valence-corrected chi connectivity index (χ4v) is 1.13. The second-order valence-electron chi connectivity index (χ2n) is 3.14. The van der Waals surface area contributed by atoms with Gasteiger partial charge in [-0.25, -0.2) is 0 Å². The number of benzene rings is 1. The molecule has 0 aliphatic rings. The summed E-state index contributed by atoms with van der Waals surface area (Å²) in [5.74, 6) is 0. The summed E-state index contributed by atoms with van der Waals surface area (Å²) in [6.45, 7) is 0.416. The SMILES string of the molecule is NCc1ccc(CCC(F)(F)F)cc1. The number of hydrogen-bond donors (Lipinski definition) is 1. The molecule has 0 radical (unpaired) electrons. The Morgan fingerprint density at radius 3 is 1.93 bits per heavy atom. The highest BCUT2D eigenvalue weighted by Gasteiger charge is 2.26. The Bertz CT molecular complexity index is 276. The maximum atomic E-state index is 11.9. The van der Waals surface area contributed by atoms with Gasteiger partial charge in [-0.3, -0.25) is 0 Å². The molecule has 2 N–H and O–H groups in total. The predicted octanol–water partition coefficient (Wildman–Crippen LogP) is 2.64. The zero-order valence-corrected chi connectivity index (χ0v) is 7.64. The van der Waals surface area contributed by atoms with Gasteiger partial charge in [0.05, 0.1) is 0 Å². The molecule has 0 spiro atoms. The summed E-state index contributed by atoms with van der Waals surface area (Å²) in [5, 5.41) is 0. The third-order valence-electron chi connectivity index (χ3n) is 1.96. The van der Waals surface area contributed by atoms with Crippen LogP contribution in [0.3, 0.4) is 0 Å². The van der Waals surface area contributed by atoms with Crippen LogP contribution in [-0.2, 0) is 13.0 Å². The van der Waals surface area contributed by atoms with E-state index in [9.17, 15) is 13.2 Å². The summed E-state index contributed by atoms with van der Waals surface area (Å²) in [4.78, 5) is 0. The second kappa shape index (κ2) is 4.46. The molecule has 78 valence electrons. The van der Waals surface area contributed by atoms with Gasteiger partial charge in [0, 0.05) is 13.0 Å². The van der Waals surface area contributed by atoms with Crippen LogP contribution < -0.4 is 5.73 Å². The lowest BCUT2D eigenvalue weighted by molar-refractivity contribution is -0.133. The summed E-state index contributed by atoms with van der Waals surface area (Å²) < 4.78 is 35.6. The fraction of sp³-hybridized carbons (Fsp3) is 0.400. The molecular weight excluding hydrogens is 191 g/mol. The molecule has 0 fully saturated rings. The minimum Gasteiger partial charge on any atom is -0.326 e. The Labute approximate surface area is 80.7 Å². The Morgan fingerprint density at radius 1 is 1.00 bits per heavy atom. The topological polar surface area (TPSA) is 26.0 Å². The van der Waals surface area contributed by atoms with Crippen LogP contribution in [0.15, 0.2) is 24.3 Å². The molecule has 0 bridgehead atoms. The van der Waals surface area contributed by atoms with Crippen LogP contribution in [0, 0.1) is 0 Å². The van der Waals surface area contributed by atoms with Gasteiger partial charge in [0.15, 0.2) is 0 Å². The van der Waals surface area contributed by atoms with Gasteiger partial charge in [-0.2, -0.15) is 13.2 Å². The predicted molar refractivity (Wildman–Crippen MR) is 48.7 cm³/mol. The van der Waals surface area contributed by atoms with E-state index in [0.717, 1.165) is 5.56 Å². The molecule has 0 unspecified atom stereocenters. The van der Waals surface area contributed by atoms with E-state index in [2.05, 4.69) is 0 Å².